The first-order valence-electron chi connectivity index (χ1n) is 8.28. The van der Waals surface area contributed by atoms with Crippen molar-refractivity contribution >= 4 is 6.03 Å². The fourth-order valence-electron chi connectivity index (χ4n) is 3.14. The molecule has 4 nitrogen and oxygen atoms in total. The van der Waals surface area contributed by atoms with Gasteiger partial charge in [0.2, 0.25) is 0 Å². The minimum Gasteiger partial charge on any atom is -0.334 e. The van der Waals surface area contributed by atoms with E-state index in [0.717, 1.165) is 31.5 Å². The highest BCUT2D eigenvalue weighted by molar-refractivity contribution is 5.74. The lowest BCUT2D eigenvalue weighted by atomic mass is 10.00. The topological polar surface area (TPSA) is 45.2 Å². The molecule has 1 aromatic heterocycles. The number of likely N-dealkylation sites (tertiary alicyclic amines) is 1. The van der Waals surface area contributed by atoms with E-state index in [9.17, 15) is 9.18 Å². The second-order valence-electron chi connectivity index (χ2n) is 6.40. The minimum absolute atomic E-state index is 0.0470. The number of nitrogens with zero attached hydrogens (tertiary/aromatic N) is 2. The minimum atomic E-state index is -0.219. The van der Waals surface area contributed by atoms with Crippen molar-refractivity contribution < 1.29 is 9.18 Å². The van der Waals surface area contributed by atoms with Gasteiger partial charge in [0.05, 0.1) is 0 Å². The van der Waals surface area contributed by atoms with Gasteiger partial charge in [0, 0.05) is 32.0 Å². The molecule has 2 aromatic rings. The van der Waals surface area contributed by atoms with E-state index in [1.165, 1.54) is 11.6 Å². The largest absolute Gasteiger partial charge is 0.334 e. The molecular formula is C19H22FN3O. The molecule has 1 saturated heterocycles. The van der Waals surface area contributed by atoms with Crippen LogP contribution in [0.4, 0.5) is 9.18 Å². The molecule has 1 aliphatic rings. The summed E-state index contributed by atoms with van der Waals surface area (Å²) in [6.45, 7) is 3.71. The van der Waals surface area contributed by atoms with Crippen molar-refractivity contribution in [2.75, 3.05) is 13.1 Å². The molecule has 24 heavy (non-hydrogen) atoms. The number of urea groups is 1. The zero-order valence-corrected chi connectivity index (χ0v) is 13.8. The molecule has 0 spiro atoms. The second-order valence-corrected chi connectivity index (χ2v) is 6.40. The van der Waals surface area contributed by atoms with Crippen LogP contribution < -0.4 is 5.32 Å². The van der Waals surface area contributed by atoms with Gasteiger partial charge in [0.15, 0.2) is 0 Å². The highest BCUT2D eigenvalue weighted by Crippen LogP contribution is 2.20. The predicted molar refractivity (Wildman–Crippen MR) is 91.0 cm³/mol. The molecule has 0 aliphatic carbocycles. The molecule has 2 amide bonds. The molecule has 0 bridgehead atoms. The van der Waals surface area contributed by atoms with Gasteiger partial charge in [-0.25, -0.2) is 9.18 Å². The van der Waals surface area contributed by atoms with E-state index in [4.69, 9.17) is 0 Å². The van der Waals surface area contributed by atoms with Crippen LogP contribution in [0.5, 0.6) is 0 Å². The standard InChI is InChI=1S/C19H22FN3O/c1-14-10-16(2-3-18(14)20)12-22-19(24)23-9-6-17(13-23)11-15-4-7-21-8-5-15/h2-5,7-8,10,17H,6,9,11-13H2,1H3,(H,22,24)/t17-/m1/s1. The Kier molecular flexibility index (Phi) is 5.08. The Labute approximate surface area is 141 Å². The smallest absolute Gasteiger partial charge is 0.317 e. The summed E-state index contributed by atoms with van der Waals surface area (Å²) >= 11 is 0. The average molecular weight is 327 g/mol. The third-order valence-electron chi connectivity index (χ3n) is 4.51. The van der Waals surface area contributed by atoms with E-state index in [1.807, 2.05) is 17.0 Å². The van der Waals surface area contributed by atoms with Crippen LogP contribution in [0.25, 0.3) is 0 Å². The number of benzene rings is 1. The van der Waals surface area contributed by atoms with Crippen LogP contribution in [0.15, 0.2) is 42.7 Å². The van der Waals surface area contributed by atoms with Crippen LogP contribution in [-0.4, -0.2) is 29.0 Å². The molecule has 1 aromatic carbocycles. The number of halogens is 1. The Morgan fingerprint density at radius 1 is 1.29 bits per heavy atom. The number of carbonyl (C=O) groups is 1. The number of aromatic nitrogens is 1. The van der Waals surface area contributed by atoms with Gasteiger partial charge >= 0.3 is 6.03 Å². The normalized spacial score (nSPS) is 17.1. The number of amides is 2. The van der Waals surface area contributed by atoms with Gasteiger partial charge < -0.3 is 10.2 Å². The summed E-state index contributed by atoms with van der Waals surface area (Å²) in [4.78, 5) is 18.2. The van der Waals surface area contributed by atoms with Crippen LogP contribution in [0.2, 0.25) is 0 Å². The van der Waals surface area contributed by atoms with E-state index >= 15 is 0 Å². The summed E-state index contributed by atoms with van der Waals surface area (Å²) in [6, 6.07) is 8.93. The van der Waals surface area contributed by atoms with Crippen molar-refractivity contribution in [1.82, 2.24) is 15.2 Å². The Morgan fingerprint density at radius 3 is 2.83 bits per heavy atom. The average Bonchev–Trinajstić information content (AvgIpc) is 3.05. The first-order valence-corrected chi connectivity index (χ1v) is 8.28. The number of rotatable bonds is 4. The third kappa shape index (κ3) is 4.10. The Bertz CT molecular complexity index is 705. The zero-order valence-electron chi connectivity index (χ0n) is 13.8. The zero-order chi connectivity index (χ0) is 16.9. The maximum Gasteiger partial charge on any atom is 0.317 e. The Morgan fingerprint density at radius 2 is 2.08 bits per heavy atom. The quantitative estimate of drug-likeness (QED) is 0.936. The molecule has 1 fully saturated rings. The number of aryl methyl sites for hydroxylation is 1. The SMILES string of the molecule is Cc1cc(CNC(=O)N2CC[C@H](Cc3ccncc3)C2)ccc1F. The lowest BCUT2D eigenvalue weighted by Crippen LogP contribution is -2.38. The van der Waals surface area contributed by atoms with Crippen molar-refractivity contribution in [2.24, 2.45) is 5.92 Å². The molecule has 3 rings (SSSR count). The Hall–Kier alpha value is -2.43. The first-order chi connectivity index (χ1) is 11.6. The second kappa shape index (κ2) is 7.43. The van der Waals surface area contributed by atoms with Crippen molar-refractivity contribution in [3.63, 3.8) is 0 Å². The van der Waals surface area contributed by atoms with Crippen LogP contribution in [0.3, 0.4) is 0 Å². The van der Waals surface area contributed by atoms with Crippen molar-refractivity contribution in [3.8, 4) is 0 Å². The molecule has 0 saturated carbocycles. The van der Waals surface area contributed by atoms with E-state index in [2.05, 4.69) is 10.3 Å². The van der Waals surface area contributed by atoms with Crippen molar-refractivity contribution in [1.29, 1.82) is 0 Å². The molecule has 1 atom stereocenters. The van der Waals surface area contributed by atoms with Gasteiger partial charge in [-0.1, -0.05) is 12.1 Å². The fraction of sp³-hybridized carbons (Fsp3) is 0.368. The van der Waals surface area contributed by atoms with E-state index in [1.54, 1.807) is 31.5 Å². The van der Waals surface area contributed by atoms with Gasteiger partial charge in [-0.05, 0) is 60.6 Å². The molecule has 5 heteroatoms. The van der Waals surface area contributed by atoms with E-state index < -0.39 is 0 Å². The molecule has 1 N–H and O–H groups in total. The molecule has 126 valence electrons. The van der Waals surface area contributed by atoms with E-state index in [-0.39, 0.29) is 11.8 Å². The molecular weight excluding hydrogens is 305 g/mol. The van der Waals surface area contributed by atoms with Crippen molar-refractivity contribution in [3.05, 3.63) is 65.2 Å². The third-order valence-corrected chi connectivity index (χ3v) is 4.51. The summed E-state index contributed by atoms with van der Waals surface area (Å²) in [5.41, 5.74) is 2.77. The summed E-state index contributed by atoms with van der Waals surface area (Å²) in [7, 11) is 0. The van der Waals surface area contributed by atoms with Gasteiger partial charge in [-0.2, -0.15) is 0 Å². The summed E-state index contributed by atoms with van der Waals surface area (Å²) in [6.07, 6.45) is 5.60. The van der Waals surface area contributed by atoms with Crippen LogP contribution >= 0.6 is 0 Å². The number of hydrogen-bond donors (Lipinski definition) is 1. The number of pyridine rings is 1. The summed E-state index contributed by atoms with van der Waals surface area (Å²) < 4.78 is 13.3. The fourth-order valence-corrected chi connectivity index (χ4v) is 3.14. The summed E-state index contributed by atoms with van der Waals surface area (Å²) in [5, 5.41) is 2.93. The highest BCUT2D eigenvalue weighted by atomic mass is 19.1. The lowest BCUT2D eigenvalue weighted by molar-refractivity contribution is 0.206. The van der Waals surface area contributed by atoms with Gasteiger partial charge in [-0.15, -0.1) is 0 Å². The maximum atomic E-state index is 13.3. The van der Waals surface area contributed by atoms with Gasteiger partial charge in [-0.3, -0.25) is 4.98 Å². The predicted octanol–water partition coefficient (Wildman–Crippen LogP) is 3.30. The number of hydrogen-bond acceptors (Lipinski definition) is 2. The number of carbonyl (C=O) groups excluding carboxylic acids is 1. The lowest BCUT2D eigenvalue weighted by Gasteiger charge is -2.17. The molecule has 0 unspecified atom stereocenters. The summed E-state index contributed by atoms with van der Waals surface area (Å²) in [5.74, 6) is 0.273. The van der Waals surface area contributed by atoms with Crippen molar-refractivity contribution in [2.45, 2.75) is 26.3 Å². The van der Waals surface area contributed by atoms with Gasteiger partial charge in [0.25, 0.3) is 0 Å². The van der Waals surface area contributed by atoms with E-state index in [0.29, 0.717) is 18.0 Å². The first kappa shape index (κ1) is 16.4. The van der Waals surface area contributed by atoms with Crippen LogP contribution in [-0.2, 0) is 13.0 Å². The van der Waals surface area contributed by atoms with Gasteiger partial charge in [0.1, 0.15) is 5.82 Å². The molecule has 1 aliphatic heterocycles. The monoisotopic (exact) mass is 327 g/mol. The maximum absolute atomic E-state index is 13.3. The molecule has 2 heterocycles. The van der Waals surface area contributed by atoms with Crippen LogP contribution in [0, 0.1) is 18.7 Å². The number of nitrogens with one attached hydrogen (secondary N) is 1. The Balaban J connectivity index is 1.48. The van der Waals surface area contributed by atoms with Crippen LogP contribution in [0.1, 0.15) is 23.1 Å². The highest BCUT2D eigenvalue weighted by Gasteiger charge is 2.26. The molecule has 0 radical (unpaired) electrons.